The van der Waals surface area contributed by atoms with Gasteiger partial charge in [0.1, 0.15) is 0 Å². The molecule has 0 aromatic heterocycles. The molecule has 0 spiro atoms. The molecule has 0 aliphatic heterocycles. The molecule has 3 aliphatic rings. The van der Waals surface area contributed by atoms with Crippen LogP contribution in [0.5, 0.6) is 0 Å². The van der Waals surface area contributed by atoms with Crippen LogP contribution in [0.3, 0.4) is 0 Å². The number of unbranched alkanes of at least 4 members (excludes halogenated alkanes) is 2. The molecule has 0 unspecified atom stereocenters. The summed E-state index contributed by atoms with van der Waals surface area (Å²) in [7, 11) is 0. The first-order valence-corrected chi connectivity index (χ1v) is 9.81. The van der Waals surface area contributed by atoms with Crippen molar-refractivity contribution in [1.29, 1.82) is 0 Å². The standard InChI is InChI=1S/C23H32/c1-3-5-6-12-22-14-17-23(18-15-22,19-16-22)13-11-21-9-7-20(4-2)8-10-21/h7-10H,3-6,12,14-19H2,1-2H3. The van der Waals surface area contributed by atoms with Gasteiger partial charge >= 0.3 is 0 Å². The molecule has 1 aromatic carbocycles. The van der Waals surface area contributed by atoms with Crippen molar-refractivity contribution >= 4 is 0 Å². The average Bonchev–Trinajstić information content (AvgIpc) is 2.62. The van der Waals surface area contributed by atoms with Crippen molar-refractivity contribution in [3.05, 3.63) is 35.4 Å². The Balaban J connectivity index is 1.62. The van der Waals surface area contributed by atoms with Crippen LogP contribution < -0.4 is 0 Å². The molecular weight excluding hydrogens is 276 g/mol. The zero-order chi connectivity index (χ0) is 16.2. The summed E-state index contributed by atoms with van der Waals surface area (Å²) in [5, 5.41) is 0. The van der Waals surface area contributed by atoms with Gasteiger partial charge in [-0.2, -0.15) is 0 Å². The van der Waals surface area contributed by atoms with Crippen molar-refractivity contribution in [2.75, 3.05) is 0 Å². The topological polar surface area (TPSA) is 0 Å². The Morgan fingerprint density at radius 1 is 0.870 bits per heavy atom. The van der Waals surface area contributed by atoms with Crippen LogP contribution in [0.4, 0.5) is 0 Å². The van der Waals surface area contributed by atoms with Gasteiger partial charge < -0.3 is 0 Å². The van der Waals surface area contributed by atoms with E-state index in [2.05, 4.69) is 50.0 Å². The third kappa shape index (κ3) is 3.82. The zero-order valence-electron chi connectivity index (χ0n) is 15.1. The highest BCUT2D eigenvalue weighted by molar-refractivity contribution is 5.38. The van der Waals surface area contributed by atoms with Crippen LogP contribution in [0.2, 0.25) is 0 Å². The predicted octanol–water partition coefficient (Wildman–Crippen LogP) is 6.52. The van der Waals surface area contributed by atoms with Gasteiger partial charge in [0.2, 0.25) is 0 Å². The van der Waals surface area contributed by atoms with Gasteiger partial charge in [0.05, 0.1) is 0 Å². The molecule has 3 saturated carbocycles. The monoisotopic (exact) mass is 308 g/mol. The molecular formula is C23H32. The Bertz CT molecular complexity index is 542. The van der Waals surface area contributed by atoms with E-state index in [1.54, 1.807) is 0 Å². The molecule has 0 N–H and O–H groups in total. The molecule has 0 heterocycles. The van der Waals surface area contributed by atoms with Gasteiger partial charge in [0.15, 0.2) is 0 Å². The summed E-state index contributed by atoms with van der Waals surface area (Å²) in [6, 6.07) is 8.84. The molecule has 23 heavy (non-hydrogen) atoms. The summed E-state index contributed by atoms with van der Waals surface area (Å²) in [6.45, 7) is 4.52. The number of hydrogen-bond donors (Lipinski definition) is 0. The minimum absolute atomic E-state index is 0.343. The maximum absolute atomic E-state index is 3.71. The molecule has 0 amide bonds. The lowest BCUT2D eigenvalue weighted by Gasteiger charge is -2.51. The molecule has 0 radical (unpaired) electrons. The highest BCUT2D eigenvalue weighted by Gasteiger charge is 2.47. The Kier molecular flexibility index (Phi) is 5.15. The Morgan fingerprint density at radius 2 is 1.52 bits per heavy atom. The Morgan fingerprint density at radius 3 is 2.09 bits per heavy atom. The van der Waals surface area contributed by atoms with Crippen molar-refractivity contribution in [3.63, 3.8) is 0 Å². The van der Waals surface area contributed by atoms with E-state index in [4.69, 9.17) is 0 Å². The van der Waals surface area contributed by atoms with E-state index in [0.717, 1.165) is 6.42 Å². The van der Waals surface area contributed by atoms with Gasteiger partial charge in [0, 0.05) is 11.0 Å². The second kappa shape index (κ2) is 7.12. The van der Waals surface area contributed by atoms with Crippen LogP contribution in [0.25, 0.3) is 0 Å². The third-order valence-corrected chi connectivity index (χ3v) is 6.55. The Hall–Kier alpha value is -1.22. The van der Waals surface area contributed by atoms with E-state index in [1.165, 1.54) is 75.3 Å². The van der Waals surface area contributed by atoms with Gasteiger partial charge in [-0.25, -0.2) is 0 Å². The maximum atomic E-state index is 3.71. The molecule has 124 valence electrons. The van der Waals surface area contributed by atoms with Crippen molar-refractivity contribution < 1.29 is 0 Å². The minimum Gasteiger partial charge on any atom is -0.0911 e. The van der Waals surface area contributed by atoms with E-state index in [9.17, 15) is 0 Å². The highest BCUT2D eigenvalue weighted by Crippen LogP contribution is 2.58. The maximum Gasteiger partial charge on any atom is 0.0319 e. The summed E-state index contributed by atoms with van der Waals surface area (Å²) in [5.41, 5.74) is 3.64. The van der Waals surface area contributed by atoms with Crippen molar-refractivity contribution in [2.45, 2.75) is 84.5 Å². The summed E-state index contributed by atoms with van der Waals surface area (Å²) < 4.78 is 0. The van der Waals surface area contributed by atoms with Gasteiger partial charge in [0.25, 0.3) is 0 Å². The number of hydrogen-bond acceptors (Lipinski definition) is 0. The van der Waals surface area contributed by atoms with E-state index < -0.39 is 0 Å². The minimum atomic E-state index is 0.343. The fourth-order valence-electron chi connectivity index (χ4n) is 4.60. The van der Waals surface area contributed by atoms with Crippen molar-refractivity contribution in [2.24, 2.45) is 10.8 Å². The lowest BCUT2D eigenvalue weighted by atomic mass is 9.53. The quantitative estimate of drug-likeness (QED) is 0.429. The van der Waals surface area contributed by atoms with E-state index >= 15 is 0 Å². The van der Waals surface area contributed by atoms with Gasteiger partial charge in [-0.05, 0) is 74.5 Å². The highest BCUT2D eigenvalue weighted by atomic mass is 14.5. The number of rotatable bonds is 5. The van der Waals surface area contributed by atoms with E-state index in [0.29, 0.717) is 10.8 Å². The number of benzene rings is 1. The lowest BCUT2D eigenvalue weighted by molar-refractivity contribution is 0.0186. The van der Waals surface area contributed by atoms with Crippen molar-refractivity contribution in [3.8, 4) is 11.8 Å². The number of fused-ring (bicyclic) bond motifs is 3. The summed E-state index contributed by atoms with van der Waals surface area (Å²) >= 11 is 0. The van der Waals surface area contributed by atoms with E-state index in [-0.39, 0.29) is 0 Å². The summed E-state index contributed by atoms with van der Waals surface area (Å²) in [5.74, 6) is 7.21. The lowest BCUT2D eigenvalue weighted by Crippen LogP contribution is -2.40. The first-order valence-electron chi connectivity index (χ1n) is 9.81. The largest absolute Gasteiger partial charge is 0.0911 e. The van der Waals surface area contributed by atoms with Crippen LogP contribution in [0.15, 0.2) is 24.3 Å². The van der Waals surface area contributed by atoms with Crippen LogP contribution in [-0.4, -0.2) is 0 Å². The predicted molar refractivity (Wildman–Crippen MR) is 99.4 cm³/mol. The molecule has 0 heteroatoms. The summed E-state index contributed by atoms with van der Waals surface area (Å²) in [6.07, 6.45) is 15.1. The zero-order valence-corrected chi connectivity index (χ0v) is 15.1. The molecule has 0 saturated heterocycles. The van der Waals surface area contributed by atoms with Crippen LogP contribution in [0.1, 0.15) is 89.2 Å². The van der Waals surface area contributed by atoms with Gasteiger partial charge in [-0.3, -0.25) is 0 Å². The molecule has 4 rings (SSSR count). The second-order valence-corrected chi connectivity index (χ2v) is 8.04. The first-order chi connectivity index (χ1) is 11.2. The fourth-order valence-corrected chi connectivity index (χ4v) is 4.60. The average molecular weight is 309 g/mol. The smallest absolute Gasteiger partial charge is 0.0319 e. The van der Waals surface area contributed by atoms with E-state index in [1.807, 2.05) is 0 Å². The second-order valence-electron chi connectivity index (χ2n) is 8.04. The molecule has 0 atom stereocenters. The normalized spacial score (nSPS) is 29.1. The first kappa shape index (κ1) is 16.6. The van der Waals surface area contributed by atoms with Crippen LogP contribution in [-0.2, 0) is 6.42 Å². The van der Waals surface area contributed by atoms with Gasteiger partial charge in [-0.15, -0.1) is 0 Å². The Labute approximate surface area is 143 Å². The van der Waals surface area contributed by atoms with Crippen molar-refractivity contribution in [1.82, 2.24) is 0 Å². The molecule has 1 aromatic rings. The molecule has 3 aliphatic carbocycles. The molecule has 3 fully saturated rings. The molecule has 0 nitrogen and oxygen atoms in total. The summed E-state index contributed by atoms with van der Waals surface area (Å²) in [4.78, 5) is 0. The van der Waals surface area contributed by atoms with Crippen LogP contribution in [0, 0.1) is 22.7 Å². The SMILES string of the molecule is CCCCCC12CCC(C#Cc3ccc(CC)cc3)(CC1)CC2. The van der Waals surface area contributed by atoms with Crippen LogP contribution >= 0.6 is 0 Å². The van der Waals surface area contributed by atoms with Gasteiger partial charge in [-0.1, -0.05) is 57.1 Å². The number of aryl methyl sites for hydroxylation is 1. The fraction of sp³-hybridized carbons (Fsp3) is 0.652. The third-order valence-electron chi connectivity index (χ3n) is 6.55. The molecule has 2 bridgehead atoms.